The lowest BCUT2D eigenvalue weighted by molar-refractivity contribution is -0.130. The maximum Gasteiger partial charge on any atom is 0.255 e. The molecule has 146 valence electrons. The Kier molecular flexibility index (Phi) is 5.13. The van der Waals surface area contributed by atoms with E-state index in [1.54, 1.807) is 43.5 Å². The van der Waals surface area contributed by atoms with Gasteiger partial charge in [-0.25, -0.2) is 0 Å². The number of fused-ring (bicyclic) bond motifs is 1. The van der Waals surface area contributed by atoms with Crippen molar-refractivity contribution in [3.05, 3.63) is 65.5 Å². The van der Waals surface area contributed by atoms with Gasteiger partial charge in [0.15, 0.2) is 0 Å². The number of carbonyl (C=O) groups is 2. The van der Waals surface area contributed by atoms with Gasteiger partial charge in [-0.1, -0.05) is 24.3 Å². The van der Waals surface area contributed by atoms with Crippen LogP contribution in [0.5, 0.6) is 0 Å². The minimum atomic E-state index is 0.0303. The molecule has 6 heteroatoms. The van der Waals surface area contributed by atoms with Gasteiger partial charge in [0.2, 0.25) is 5.91 Å². The molecule has 2 aliphatic heterocycles. The molecule has 1 atom stereocenters. The van der Waals surface area contributed by atoms with Crippen LogP contribution in [0.25, 0.3) is 0 Å². The molecular weight excluding hydrogens is 352 g/mol. The van der Waals surface area contributed by atoms with Gasteiger partial charge in [-0.05, 0) is 29.7 Å². The third-order valence-electron chi connectivity index (χ3n) is 5.85. The number of carbonyl (C=O) groups excluding carboxylic acids is 2. The SMILES string of the molecule is CN(C)C(=O)CC1c2ccccc2CCN1C1CN(C(=O)c2cccnc2)C1. The number of aromatic nitrogens is 1. The second kappa shape index (κ2) is 7.72. The van der Waals surface area contributed by atoms with Crippen molar-refractivity contribution in [3.63, 3.8) is 0 Å². The van der Waals surface area contributed by atoms with Crippen molar-refractivity contribution >= 4 is 11.8 Å². The maximum atomic E-state index is 12.6. The van der Waals surface area contributed by atoms with Crippen LogP contribution in [0.15, 0.2) is 48.8 Å². The standard InChI is InChI=1S/C22H26N4O2/c1-24(2)21(27)12-20-19-8-4-3-6-16(19)9-11-26(20)18-14-25(15-18)22(28)17-7-5-10-23-13-17/h3-8,10,13,18,20H,9,11-12,14-15H2,1-2H3. The molecule has 0 N–H and O–H groups in total. The van der Waals surface area contributed by atoms with E-state index in [0.29, 0.717) is 25.1 Å². The van der Waals surface area contributed by atoms with E-state index in [0.717, 1.165) is 13.0 Å². The van der Waals surface area contributed by atoms with Crippen molar-refractivity contribution in [2.45, 2.75) is 24.9 Å². The molecule has 0 bridgehead atoms. The van der Waals surface area contributed by atoms with Crippen LogP contribution in [0.1, 0.15) is 33.9 Å². The molecule has 1 aromatic carbocycles. The lowest BCUT2D eigenvalue weighted by atomic mass is 9.88. The van der Waals surface area contributed by atoms with Gasteiger partial charge < -0.3 is 9.80 Å². The minimum Gasteiger partial charge on any atom is -0.349 e. The summed E-state index contributed by atoms with van der Waals surface area (Å²) in [6.45, 7) is 2.31. The van der Waals surface area contributed by atoms with Crippen LogP contribution >= 0.6 is 0 Å². The first-order valence-electron chi connectivity index (χ1n) is 9.77. The molecule has 0 saturated carbocycles. The Labute approximate surface area is 165 Å². The Morgan fingerprint density at radius 3 is 2.64 bits per heavy atom. The zero-order chi connectivity index (χ0) is 19.7. The Hall–Kier alpha value is -2.73. The van der Waals surface area contributed by atoms with E-state index in [1.807, 2.05) is 4.90 Å². The van der Waals surface area contributed by atoms with Gasteiger partial charge in [0.05, 0.1) is 5.56 Å². The van der Waals surface area contributed by atoms with Crippen molar-refractivity contribution in [3.8, 4) is 0 Å². The highest BCUT2D eigenvalue weighted by molar-refractivity contribution is 5.94. The first-order chi connectivity index (χ1) is 13.5. The van der Waals surface area contributed by atoms with Crippen LogP contribution in [0.4, 0.5) is 0 Å². The maximum absolute atomic E-state index is 12.6. The first kappa shape index (κ1) is 18.6. The molecule has 2 amide bonds. The Morgan fingerprint density at radius 2 is 1.93 bits per heavy atom. The Balaban J connectivity index is 1.49. The summed E-state index contributed by atoms with van der Waals surface area (Å²) in [4.78, 5) is 35.1. The van der Waals surface area contributed by atoms with E-state index in [2.05, 4.69) is 34.1 Å². The fraction of sp³-hybridized carbons (Fsp3) is 0.409. The Bertz CT molecular complexity index is 862. The summed E-state index contributed by atoms with van der Waals surface area (Å²) < 4.78 is 0. The molecule has 3 heterocycles. The summed E-state index contributed by atoms with van der Waals surface area (Å²) in [6.07, 6.45) is 4.74. The number of hydrogen-bond donors (Lipinski definition) is 0. The molecule has 1 saturated heterocycles. The fourth-order valence-corrected chi connectivity index (χ4v) is 4.19. The number of likely N-dealkylation sites (tertiary alicyclic amines) is 1. The molecule has 2 aliphatic rings. The molecule has 1 unspecified atom stereocenters. The largest absolute Gasteiger partial charge is 0.349 e. The van der Waals surface area contributed by atoms with Gasteiger partial charge in [0, 0.05) is 64.6 Å². The van der Waals surface area contributed by atoms with E-state index >= 15 is 0 Å². The second-order valence-corrected chi connectivity index (χ2v) is 7.80. The number of benzene rings is 1. The van der Waals surface area contributed by atoms with Gasteiger partial charge in [0.25, 0.3) is 5.91 Å². The molecule has 0 aliphatic carbocycles. The summed E-state index contributed by atoms with van der Waals surface area (Å²) in [6, 6.07) is 12.4. The topological polar surface area (TPSA) is 56.8 Å². The summed E-state index contributed by atoms with van der Waals surface area (Å²) >= 11 is 0. The van der Waals surface area contributed by atoms with Crippen molar-refractivity contribution in [1.29, 1.82) is 0 Å². The highest BCUT2D eigenvalue weighted by Crippen LogP contribution is 2.36. The number of hydrogen-bond acceptors (Lipinski definition) is 4. The third-order valence-corrected chi connectivity index (χ3v) is 5.85. The van der Waals surface area contributed by atoms with Gasteiger partial charge in [0.1, 0.15) is 0 Å². The first-order valence-corrected chi connectivity index (χ1v) is 9.77. The highest BCUT2D eigenvalue weighted by atomic mass is 16.2. The van der Waals surface area contributed by atoms with Gasteiger partial charge in [-0.2, -0.15) is 0 Å². The second-order valence-electron chi connectivity index (χ2n) is 7.80. The van der Waals surface area contributed by atoms with Crippen molar-refractivity contribution < 1.29 is 9.59 Å². The molecular formula is C22H26N4O2. The molecule has 0 spiro atoms. The lowest BCUT2D eigenvalue weighted by Gasteiger charge is -2.50. The van der Waals surface area contributed by atoms with E-state index in [1.165, 1.54) is 11.1 Å². The fourth-order valence-electron chi connectivity index (χ4n) is 4.19. The van der Waals surface area contributed by atoms with Crippen LogP contribution < -0.4 is 0 Å². The summed E-state index contributed by atoms with van der Waals surface area (Å²) in [7, 11) is 3.61. The number of pyridine rings is 1. The minimum absolute atomic E-state index is 0.0303. The molecule has 4 rings (SSSR count). The van der Waals surface area contributed by atoms with Crippen LogP contribution in [0.2, 0.25) is 0 Å². The van der Waals surface area contributed by atoms with E-state index < -0.39 is 0 Å². The molecule has 28 heavy (non-hydrogen) atoms. The predicted octanol–water partition coefficient (Wildman–Crippen LogP) is 1.98. The lowest BCUT2D eigenvalue weighted by Crippen LogP contribution is -2.62. The predicted molar refractivity (Wildman–Crippen MR) is 107 cm³/mol. The molecule has 6 nitrogen and oxygen atoms in total. The van der Waals surface area contributed by atoms with E-state index in [-0.39, 0.29) is 23.9 Å². The van der Waals surface area contributed by atoms with Gasteiger partial charge >= 0.3 is 0 Å². The molecule has 2 aromatic rings. The van der Waals surface area contributed by atoms with Gasteiger partial charge in [-0.15, -0.1) is 0 Å². The normalized spacial score (nSPS) is 19.6. The van der Waals surface area contributed by atoms with Crippen molar-refractivity contribution in [2.24, 2.45) is 0 Å². The van der Waals surface area contributed by atoms with Crippen molar-refractivity contribution in [2.75, 3.05) is 33.7 Å². The average molecular weight is 378 g/mol. The number of rotatable bonds is 4. The van der Waals surface area contributed by atoms with Crippen LogP contribution in [-0.2, 0) is 11.2 Å². The van der Waals surface area contributed by atoms with Gasteiger partial charge in [-0.3, -0.25) is 19.5 Å². The third kappa shape index (κ3) is 3.52. The zero-order valence-electron chi connectivity index (χ0n) is 16.4. The highest BCUT2D eigenvalue weighted by Gasteiger charge is 2.41. The summed E-state index contributed by atoms with van der Waals surface area (Å²) in [5, 5.41) is 0. The summed E-state index contributed by atoms with van der Waals surface area (Å²) in [5.74, 6) is 0.164. The molecule has 1 fully saturated rings. The van der Waals surface area contributed by atoms with Crippen molar-refractivity contribution in [1.82, 2.24) is 19.7 Å². The van der Waals surface area contributed by atoms with Crippen LogP contribution in [-0.4, -0.2) is 71.3 Å². The van der Waals surface area contributed by atoms with Crippen LogP contribution in [0.3, 0.4) is 0 Å². The van der Waals surface area contributed by atoms with E-state index in [4.69, 9.17) is 0 Å². The molecule has 1 aromatic heterocycles. The average Bonchev–Trinajstić information content (AvgIpc) is 2.68. The van der Waals surface area contributed by atoms with Crippen LogP contribution in [0, 0.1) is 0 Å². The smallest absolute Gasteiger partial charge is 0.255 e. The Morgan fingerprint density at radius 1 is 1.14 bits per heavy atom. The number of amides is 2. The quantitative estimate of drug-likeness (QED) is 0.816. The summed E-state index contributed by atoms with van der Waals surface area (Å²) in [5.41, 5.74) is 3.21. The zero-order valence-corrected chi connectivity index (χ0v) is 16.4. The monoisotopic (exact) mass is 378 g/mol. The number of nitrogens with zero attached hydrogens (tertiary/aromatic N) is 4. The van der Waals surface area contributed by atoms with E-state index in [9.17, 15) is 9.59 Å². The molecule has 0 radical (unpaired) electrons.